The van der Waals surface area contributed by atoms with Gasteiger partial charge in [-0.2, -0.15) is 0 Å². The Morgan fingerprint density at radius 2 is 1.74 bits per heavy atom. The van der Waals surface area contributed by atoms with Crippen LogP contribution in [-0.2, 0) is 17.9 Å². The first-order chi connectivity index (χ1) is 18.3. The van der Waals surface area contributed by atoms with Crippen molar-refractivity contribution in [3.05, 3.63) is 98.3 Å². The number of para-hydroxylation sites is 1. The number of rotatable bonds is 8. The summed E-state index contributed by atoms with van der Waals surface area (Å²) < 4.78 is 17.5. The minimum absolute atomic E-state index is 0.114. The lowest BCUT2D eigenvalue weighted by molar-refractivity contribution is -0.142. The number of β-amino-alcohol motifs (C(OH)–C–C–N with tert-alkyl or cyclic N) is 1. The fourth-order valence-corrected chi connectivity index (χ4v) is 4.92. The quantitative estimate of drug-likeness (QED) is 0.274. The Morgan fingerprint density at radius 3 is 2.53 bits per heavy atom. The van der Waals surface area contributed by atoms with Crippen molar-refractivity contribution in [3.63, 3.8) is 0 Å². The fraction of sp³-hybridized carbons (Fsp3) is 0.214. The molecule has 0 saturated carbocycles. The van der Waals surface area contributed by atoms with Crippen LogP contribution < -0.4 is 15.1 Å². The van der Waals surface area contributed by atoms with Gasteiger partial charge in [0.2, 0.25) is 0 Å². The molecule has 0 aliphatic carbocycles. The molecule has 4 aromatic rings. The van der Waals surface area contributed by atoms with Gasteiger partial charge in [0.25, 0.3) is 0 Å². The Balaban J connectivity index is 1.53. The smallest absolute Gasteiger partial charge is 0.339 e. The Kier molecular flexibility index (Phi) is 7.58. The first kappa shape index (κ1) is 26.1. The van der Waals surface area contributed by atoms with E-state index in [-0.39, 0.29) is 36.9 Å². The highest BCUT2D eigenvalue weighted by molar-refractivity contribution is 6.32. The molecule has 0 spiro atoms. The number of fused-ring (bicyclic) bond motifs is 1. The van der Waals surface area contributed by atoms with E-state index in [9.17, 15) is 19.8 Å². The van der Waals surface area contributed by atoms with Gasteiger partial charge in [-0.05, 0) is 24.3 Å². The van der Waals surface area contributed by atoms with Crippen molar-refractivity contribution in [3.8, 4) is 17.2 Å². The van der Waals surface area contributed by atoms with Crippen molar-refractivity contribution < 1.29 is 28.9 Å². The number of carboxylic acid groups (broad SMARTS) is 1. The second-order valence-electron chi connectivity index (χ2n) is 8.97. The molecule has 2 N–H and O–H groups in total. The molecule has 0 bridgehead atoms. The zero-order valence-corrected chi connectivity index (χ0v) is 21.5. The molecule has 1 fully saturated rings. The Labute approximate surface area is 227 Å². The lowest BCUT2D eigenvalue weighted by atomic mass is 10.1. The van der Waals surface area contributed by atoms with E-state index in [4.69, 9.17) is 37.1 Å². The van der Waals surface area contributed by atoms with E-state index >= 15 is 0 Å². The molecule has 8 nitrogen and oxygen atoms in total. The van der Waals surface area contributed by atoms with Gasteiger partial charge in [-0.25, -0.2) is 4.79 Å². The SMILES string of the molecule is O=C(O)[C@@H]1C[C@@H](O)CN1Cc1cc(Cl)c(OCc2ccccc2Cl)cc1Oc1cc(=O)oc2ccccc12. The number of benzene rings is 3. The molecular weight excluding hydrogens is 533 g/mol. The van der Waals surface area contributed by atoms with E-state index < -0.39 is 23.7 Å². The summed E-state index contributed by atoms with van der Waals surface area (Å²) in [5.41, 5.74) is 1.09. The van der Waals surface area contributed by atoms with Crippen molar-refractivity contribution in [1.82, 2.24) is 4.90 Å². The van der Waals surface area contributed by atoms with Gasteiger partial charge in [-0.15, -0.1) is 0 Å². The Morgan fingerprint density at radius 1 is 0.974 bits per heavy atom. The third kappa shape index (κ3) is 5.63. The third-order valence-electron chi connectivity index (χ3n) is 6.33. The molecule has 0 radical (unpaired) electrons. The van der Waals surface area contributed by atoms with Crippen LogP contribution in [0.5, 0.6) is 17.2 Å². The Bertz CT molecular complexity index is 1550. The van der Waals surface area contributed by atoms with E-state index in [2.05, 4.69) is 0 Å². The van der Waals surface area contributed by atoms with Crippen molar-refractivity contribution in [2.75, 3.05) is 6.54 Å². The number of halogens is 2. The molecule has 1 saturated heterocycles. The van der Waals surface area contributed by atoms with Gasteiger partial charge in [-0.3, -0.25) is 9.69 Å². The average molecular weight is 556 g/mol. The minimum Gasteiger partial charge on any atom is -0.487 e. The summed E-state index contributed by atoms with van der Waals surface area (Å²) in [6, 6.07) is 17.8. The van der Waals surface area contributed by atoms with Crippen LogP contribution in [0.1, 0.15) is 17.5 Å². The van der Waals surface area contributed by atoms with Crippen LogP contribution in [0.25, 0.3) is 11.0 Å². The van der Waals surface area contributed by atoms with E-state index in [0.29, 0.717) is 33.1 Å². The maximum atomic E-state index is 12.2. The number of nitrogens with zero attached hydrogens (tertiary/aromatic N) is 1. The van der Waals surface area contributed by atoms with Crippen LogP contribution in [0.15, 0.2) is 75.9 Å². The van der Waals surface area contributed by atoms with Crippen LogP contribution in [0, 0.1) is 0 Å². The number of carbonyl (C=O) groups is 1. The summed E-state index contributed by atoms with van der Waals surface area (Å²) in [5.74, 6) is -0.145. The number of hydrogen-bond acceptors (Lipinski definition) is 7. The van der Waals surface area contributed by atoms with Crippen LogP contribution in [0.4, 0.5) is 0 Å². The zero-order chi connectivity index (χ0) is 26.8. The molecule has 5 rings (SSSR count). The molecule has 0 amide bonds. The van der Waals surface area contributed by atoms with E-state index in [1.54, 1.807) is 47.4 Å². The van der Waals surface area contributed by atoms with Crippen molar-refractivity contribution >= 4 is 40.1 Å². The summed E-state index contributed by atoms with van der Waals surface area (Å²) in [6.07, 6.45) is -0.653. The van der Waals surface area contributed by atoms with Crippen LogP contribution >= 0.6 is 23.2 Å². The monoisotopic (exact) mass is 555 g/mol. The summed E-state index contributed by atoms with van der Waals surface area (Å²) in [7, 11) is 0. The number of ether oxygens (including phenoxy) is 2. The highest BCUT2D eigenvalue weighted by Gasteiger charge is 2.36. The molecule has 196 valence electrons. The van der Waals surface area contributed by atoms with Gasteiger partial charge in [-0.1, -0.05) is 53.5 Å². The first-order valence-electron chi connectivity index (χ1n) is 11.8. The fourth-order valence-electron chi connectivity index (χ4n) is 4.49. The summed E-state index contributed by atoms with van der Waals surface area (Å²) >= 11 is 12.8. The lowest BCUT2D eigenvalue weighted by Crippen LogP contribution is -2.35. The molecule has 0 unspecified atom stereocenters. The molecule has 2 atom stereocenters. The second kappa shape index (κ2) is 11.0. The number of hydrogen-bond donors (Lipinski definition) is 2. The predicted octanol–water partition coefficient (Wildman–Crippen LogP) is 5.49. The zero-order valence-electron chi connectivity index (χ0n) is 20.0. The normalized spacial score (nSPS) is 17.6. The van der Waals surface area contributed by atoms with Gasteiger partial charge < -0.3 is 24.1 Å². The molecule has 10 heteroatoms. The number of aliphatic carboxylic acids is 1. The minimum atomic E-state index is -1.03. The highest BCUT2D eigenvalue weighted by atomic mass is 35.5. The van der Waals surface area contributed by atoms with Gasteiger partial charge in [0, 0.05) is 41.7 Å². The van der Waals surface area contributed by atoms with Crippen molar-refractivity contribution in [2.45, 2.75) is 31.7 Å². The number of carboxylic acids is 1. The van der Waals surface area contributed by atoms with Gasteiger partial charge in [0.1, 0.15) is 35.5 Å². The maximum Gasteiger partial charge on any atom is 0.339 e. The number of aliphatic hydroxyl groups is 1. The third-order valence-corrected chi connectivity index (χ3v) is 6.99. The molecule has 38 heavy (non-hydrogen) atoms. The number of aliphatic hydroxyl groups excluding tert-OH is 1. The molecule has 1 aliphatic rings. The largest absolute Gasteiger partial charge is 0.487 e. The highest BCUT2D eigenvalue weighted by Crippen LogP contribution is 2.39. The molecular formula is C28H23Cl2NO7. The summed E-state index contributed by atoms with van der Waals surface area (Å²) in [6.45, 7) is 0.458. The van der Waals surface area contributed by atoms with Crippen LogP contribution in [0.2, 0.25) is 10.0 Å². The average Bonchev–Trinajstić information content (AvgIpc) is 3.25. The molecule has 1 aliphatic heterocycles. The molecule has 2 heterocycles. The first-order valence-corrected chi connectivity index (χ1v) is 12.6. The Hall–Kier alpha value is -3.56. The standard InChI is InChI=1S/C28H23Cl2NO7/c29-20-7-3-1-5-16(20)15-36-26-11-24(37-25-12-27(33)38-23-8-4-2-6-19(23)25)17(9-21(26)30)13-31-14-18(32)10-22(31)28(34)35/h1-9,11-12,18,22,32H,10,13-15H2,(H,34,35)/t18-,22+/m1/s1. The van der Waals surface area contributed by atoms with Gasteiger partial charge >= 0.3 is 11.6 Å². The van der Waals surface area contributed by atoms with Gasteiger partial charge in [0.05, 0.1) is 22.6 Å². The lowest BCUT2D eigenvalue weighted by Gasteiger charge is -2.23. The predicted molar refractivity (Wildman–Crippen MR) is 142 cm³/mol. The van der Waals surface area contributed by atoms with Crippen LogP contribution in [-0.4, -0.2) is 39.8 Å². The van der Waals surface area contributed by atoms with Gasteiger partial charge in [0.15, 0.2) is 0 Å². The van der Waals surface area contributed by atoms with E-state index in [1.807, 2.05) is 18.2 Å². The number of likely N-dealkylation sites (tertiary alicyclic amines) is 1. The summed E-state index contributed by atoms with van der Waals surface area (Å²) in [5, 5.41) is 21.2. The van der Waals surface area contributed by atoms with E-state index in [1.165, 1.54) is 6.07 Å². The van der Waals surface area contributed by atoms with Crippen molar-refractivity contribution in [2.24, 2.45) is 0 Å². The van der Waals surface area contributed by atoms with E-state index in [0.717, 1.165) is 5.56 Å². The summed E-state index contributed by atoms with van der Waals surface area (Å²) in [4.78, 5) is 25.7. The topological polar surface area (TPSA) is 109 Å². The van der Waals surface area contributed by atoms with Crippen LogP contribution in [0.3, 0.4) is 0 Å². The second-order valence-corrected chi connectivity index (χ2v) is 9.79. The maximum absolute atomic E-state index is 12.2. The molecule has 1 aromatic heterocycles. The molecule has 3 aromatic carbocycles. The van der Waals surface area contributed by atoms with Crippen molar-refractivity contribution in [1.29, 1.82) is 0 Å².